The average molecular weight is 418 g/mol. The lowest BCUT2D eigenvalue weighted by atomic mass is 9.97. The van der Waals surface area contributed by atoms with Gasteiger partial charge in [-0.3, -0.25) is 9.59 Å². The van der Waals surface area contributed by atoms with Crippen LogP contribution in [0.1, 0.15) is 24.0 Å². The topological polar surface area (TPSA) is 46.6 Å². The van der Waals surface area contributed by atoms with Gasteiger partial charge in [0.25, 0.3) is 0 Å². The maximum absolute atomic E-state index is 12.4. The molecule has 0 saturated carbocycles. The quantitative estimate of drug-likeness (QED) is 0.508. The van der Waals surface area contributed by atoms with E-state index in [2.05, 4.69) is 0 Å². The fourth-order valence-electron chi connectivity index (χ4n) is 3.10. The number of halogens is 2. The van der Waals surface area contributed by atoms with Crippen LogP contribution in [0.4, 0.5) is 0 Å². The summed E-state index contributed by atoms with van der Waals surface area (Å²) in [7, 11) is 0. The molecule has 0 atom stereocenters. The minimum Gasteiger partial charge on any atom is -0.460 e. The standard InChI is InChI=1S/C22H21Cl2NO3/c23-19-7-4-8-20(24)18(19)15-28-22(27)17-11-13-25(14-12-17)21(26)10-9-16-5-2-1-3-6-16/h1-10,17H,11-15H2/b10-9+. The first-order valence-corrected chi connectivity index (χ1v) is 9.92. The van der Waals surface area contributed by atoms with Gasteiger partial charge in [0.05, 0.1) is 5.92 Å². The monoisotopic (exact) mass is 417 g/mol. The van der Waals surface area contributed by atoms with Crippen molar-refractivity contribution < 1.29 is 14.3 Å². The van der Waals surface area contributed by atoms with Crippen LogP contribution in [-0.2, 0) is 20.9 Å². The first-order valence-electron chi connectivity index (χ1n) is 9.16. The van der Waals surface area contributed by atoms with Crippen LogP contribution in [0.2, 0.25) is 10.0 Å². The number of ether oxygens (including phenoxy) is 1. The van der Waals surface area contributed by atoms with Crippen molar-refractivity contribution in [2.45, 2.75) is 19.4 Å². The van der Waals surface area contributed by atoms with E-state index in [9.17, 15) is 9.59 Å². The number of amides is 1. The van der Waals surface area contributed by atoms with E-state index in [1.807, 2.05) is 30.3 Å². The Morgan fingerprint density at radius 2 is 1.64 bits per heavy atom. The number of nitrogens with zero attached hydrogens (tertiary/aromatic N) is 1. The molecule has 0 spiro atoms. The number of esters is 1. The van der Waals surface area contributed by atoms with Gasteiger partial charge >= 0.3 is 5.97 Å². The minimum absolute atomic E-state index is 0.0430. The van der Waals surface area contributed by atoms with Gasteiger partial charge in [-0.05, 0) is 36.6 Å². The van der Waals surface area contributed by atoms with Gasteiger partial charge in [0.15, 0.2) is 0 Å². The van der Waals surface area contributed by atoms with Gasteiger partial charge in [-0.2, -0.15) is 0 Å². The highest BCUT2D eigenvalue weighted by molar-refractivity contribution is 6.35. The Kier molecular flexibility index (Phi) is 7.12. The molecule has 0 unspecified atom stereocenters. The van der Waals surface area contributed by atoms with E-state index in [1.165, 1.54) is 0 Å². The second kappa shape index (κ2) is 9.76. The molecule has 2 aromatic carbocycles. The Bertz CT molecular complexity index is 839. The van der Waals surface area contributed by atoms with Crippen molar-refractivity contribution in [3.8, 4) is 0 Å². The number of carbonyl (C=O) groups is 2. The molecule has 1 aliphatic heterocycles. The van der Waals surface area contributed by atoms with E-state index in [0.29, 0.717) is 41.5 Å². The van der Waals surface area contributed by atoms with Crippen molar-refractivity contribution in [1.82, 2.24) is 4.90 Å². The van der Waals surface area contributed by atoms with Crippen LogP contribution in [0.25, 0.3) is 6.08 Å². The number of benzene rings is 2. The molecule has 1 heterocycles. The fraction of sp³-hybridized carbons (Fsp3) is 0.273. The summed E-state index contributed by atoms with van der Waals surface area (Å²) in [5, 5.41) is 0.955. The van der Waals surface area contributed by atoms with Gasteiger partial charge in [-0.25, -0.2) is 0 Å². The molecule has 4 nitrogen and oxygen atoms in total. The second-order valence-corrected chi connectivity index (χ2v) is 7.47. The molecule has 1 aliphatic rings. The molecule has 146 valence electrons. The van der Waals surface area contributed by atoms with Gasteiger partial charge in [0.2, 0.25) is 5.91 Å². The molecule has 0 aromatic heterocycles. The Hall–Kier alpha value is -2.30. The van der Waals surface area contributed by atoms with Gasteiger partial charge in [-0.1, -0.05) is 59.6 Å². The van der Waals surface area contributed by atoms with Crippen molar-refractivity contribution in [2.75, 3.05) is 13.1 Å². The number of hydrogen-bond acceptors (Lipinski definition) is 3. The maximum atomic E-state index is 12.4. The Morgan fingerprint density at radius 1 is 1.00 bits per heavy atom. The molecular formula is C22H21Cl2NO3. The van der Waals surface area contributed by atoms with Crippen molar-refractivity contribution in [1.29, 1.82) is 0 Å². The molecule has 1 amide bonds. The number of rotatable bonds is 5. The smallest absolute Gasteiger partial charge is 0.309 e. The molecule has 0 N–H and O–H groups in total. The summed E-state index contributed by atoms with van der Waals surface area (Å²) in [5.41, 5.74) is 1.59. The van der Waals surface area contributed by atoms with E-state index in [4.69, 9.17) is 27.9 Å². The fourth-order valence-corrected chi connectivity index (χ4v) is 3.61. The van der Waals surface area contributed by atoms with Crippen LogP contribution in [0.3, 0.4) is 0 Å². The second-order valence-electron chi connectivity index (χ2n) is 6.65. The molecule has 3 rings (SSSR count). The number of carbonyl (C=O) groups excluding carboxylic acids is 2. The first-order chi connectivity index (χ1) is 13.5. The van der Waals surface area contributed by atoms with Gasteiger partial charge in [0, 0.05) is 34.8 Å². The van der Waals surface area contributed by atoms with Crippen molar-refractivity contribution in [3.63, 3.8) is 0 Å². The van der Waals surface area contributed by atoms with Crippen LogP contribution < -0.4 is 0 Å². The Morgan fingerprint density at radius 3 is 2.29 bits per heavy atom. The molecule has 0 radical (unpaired) electrons. The molecule has 1 fully saturated rings. The lowest BCUT2D eigenvalue weighted by Gasteiger charge is -2.30. The zero-order chi connectivity index (χ0) is 19.9. The molecule has 6 heteroatoms. The van der Waals surface area contributed by atoms with Crippen LogP contribution in [0.15, 0.2) is 54.6 Å². The third kappa shape index (κ3) is 5.37. The summed E-state index contributed by atoms with van der Waals surface area (Å²) in [6.45, 7) is 1.12. The summed E-state index contributed by atoms with van der Waals surface area (Å²) in [4.78, 5) is 26.4. The predicted octanol–water partition coefficient (Wildman–Crippen LogP) is 4.99. The SMILES string of the molecule is O=C(OCc1c(Cl)cccc1Cl)C1CCN(C(=O)/C=C/c2ccccc2)CC1. The highest BCUT2D eigenvalue weighted by Gasteiger charge is 2.28. The predicted molar refractivity (Wildman–Crippen MR) is 111 cm³/mol. The highest BCUT2D eigenvalue weighted by atomic mass is 35.5. The number of likely N-dealkylation sites (tertiary alicyclic amines) is 1. The highest BCUT2D eigenvalue weighted by Crippen LogP contribution is 2.26. The van der Waals surface area contributed by atoms with E-state index in [0.717, 1.165) is 5.56 Å². The van der Waals surface area contributed by atoms with Crippen LogP contribution in [0.5, 0.6) is 0 Å². The van der Waals surface area contributed by atoms with E-state index >= 15 is 0 Å². The Balaban J connectivity index is 1.47. The van der Waals surface area contributed by atoms with E-state index in [-0.39, 0.29) is 24.4 Å². The van der Waals surface area contributed by atoms with Crippen molar-refractivity contribution in [3.05, 3.63) is 75.8 Å². The minimum atomic E-state index is -0.275. The van der Waals surface area contributed by atoms with Crippen LogP contribution in [-0.4, -0.2) is 29.9 Å². The van der Waals surface area contributed by atoms with Gasteiger partial charge in [-0.15, -0.1) is 0 Å². The van der Waals surface area contributed by atoms with Crippen molar-refractivity contribution >= 4 is 41.2 Å². The number of piperidine rings is 1. The third-order valence-corrected chi connectivity index (χ3v) is 5.49. The molecule has 28 heavy (non-hydrogen) atoms. The lowest BCUT2D eigenvalue weighted by Crippen LogP contribution is -2.39. The third-order valence-electron chi connectivity index (χ3n) is 4.78. The molecule has 0 bridgehead atoms. The van der Waals surface area contributed by atoms with Crippen LogP contribution in [0, 0.1) is 5.92 Å². The largest absolute Gasteiger partial charge is 0.460 e. The Labute approximate surface area is 174 Å². The average Bonchev–Trinajstić information content (AvgIpc) is 2.72. The molecule has 0 aliphatic carbocycles. The molecule has 1 saturated heterocycles. The lowest BCUT2D eigenvalue weighted by molar-refractivity contribution is -0.152. The summed E-state index contributed by atoms with van der Waals surface area (Å²) < 4.78 is 5.41. The maximum Gasteiger partial charge on any atom is 0.309 e. The first kappa shape index (κ1) is 20.4. The van der Waals surface area contributed by atoms with Gasteiger partial charge in [0.1, 0.15) is 6.61 Å². The zero-order valence-corrected chi connectivity index (χ0v) is 16.8. The van der Waals surface area contributed by atoms with Crippen LogP contribution >= 0.6 is 23.2 Å². The summed E-state index contributed by atoms with van der Waals surface area (Å²) in [6.07, 6.45) is 4.55. The molecular weight excluding hydrogens is 397 g/mol. The van der Waals surface area contributed by atoms with Crippen molar-refractivity contribution in [2.24, 2.45) is 5.92 Å². The summed E-state index contributed by atoms with van der Waals surface area (Å²) >= 11 is 12.2. The summed E-state index contributed by atoms with van der Waals surface area (Å²) in [6, 6.07) is 14.8. The van der Waals surface area contributed by atoms with Gasteiger partial charge < -0.3 is 9.64 Å². The molecule has 2 aromatic rings. The zero-order valence-electron chi connectivity index (χ0n) is 15.3. The summed E-state index contributed by atoms with van der Waals surface area (Å²) in [5.74, 6) is -0.537. The normalized spacial score (nSPS) is 15.0. The van der Waals surface area contributed by atoms with E-state index < -0.39 is 0 Å². The van der Waals surface area contributed by atoms with E-state index in [1.54, 1.807) is 35.3 Å². The number of hydrogen-bond donors (Lipinski definition) is 0.